The number of carbonyl (C=O) groups is 3. The molecule has 0 radical (unpaired) electrons. The van der Waals surface area contributed by atoms with Gasteiger partial charge in [0.25, 0.3) is 5.91 Å². The molecule has 0 spiro atoms. The monoisotopic (exact) mass is 389 g/mol. The number of nitrogens with zero attached hydrogens (tertiary/aromatic N) is 2. The second kappa shape index (κ2) is 8.80. The summed E-state index contributed by atoms with van der Waals surface area (Å²) in [5.41, 5.74) is 2.17. The minimum atomic E-state index is -0.404. The van der Waals surface area contributed by atoms with Crippen molar-refractivity contribution in [3.8, 4) is 0 Å². The number of H-pyrrole nitrogens is 1. The molecular weight excluding hydrogens is 358 g/mol. The van der Waals surface area contributed by atoms with Crippen LogP contribution in [0.3, 0.4) is 0 Å². The fourth-order valence-corrected chi connectivity index (χ4v) is 4.33. The number of hydrogen-bond donors (Lipinski definition) is 1. The zero-order valence-corrected chi connectivity index (χ0v) is 17.2. The van der Waals surface area contributed by atoms with Crippen molar-refractivity contribution in [2.24, 2.45) is 5.92 Å². The minimum Gasteiger partial charge on any atom is -0.462 e. The first-order valence-corrected chi connectivity index (χ1v) is 10.4. The molecule has 2 aliphatic rings. The zero-order chi connectivity index (χ0) is 20.3. The van der Waals surface area contributed by atoms with Crippen LogP contribution in [0, 0.1) is 19.8 Å². The Morgan fingerprint density at radius 3 is 2.25 bits per heavy atom. The number of rotatable bonds is 4. The number of likely N-dealkylation sites (tertiary alicyclic amines) is 2. The van der Waals surface area contributed by atoms with Crippen LogP contribution < -0.4 is 0 Å². The molecule has 0 unspecified atom stereocenters. The largest absolute Gasteiger partial charge is 0.462 e. The third-order valence-electron chi connectivity index (χ3n) is 5.93. The molecule has 0 bridgehead atoms. The van der Waals surface area contributed by atoms with E-state index in [9.17, 15) is 14.4 Å². The molecule has 0 aliphatic carbocycles. The maximum Gasteiger partial charge on any atom is 0.340 e. The third-order valence-corrected chi connectivity index (χ3v) is 5.93. The molecule has 7 nitrogen and oxygen atoms in total. The summed E-state index contributed by atoms with van der Waals surface area (Å²) in [5, 5.41) is 0. The van der Waals surface area contributed by atoms with Gasteiger partial charge in [-0.3, -0.25) is 9.59 Å². The molecule has 2 saturated heterocycles. The fourth-order valence-electron chi connectivity index (χ4n) is 4.33. The second-order valence-electron chi connectivity index (χ2n) is 7.80. The van der Waals surface area contributed by atoms with E-state index in [1.807, 2.05) is 4.90 Å². The molecule has 0 aromatic carbocycles. The molecule has 154 valence electrons. The Balaban J connectivity index is 1.63. The number of ether oxygens (including phenoxy) is 1. The zero-order valence-electron chi connectivity index (χ0n) is 17.2. The van der Waals surface area contributed by atoms with Gasteiger partial charge >= 0.3 is 5.97 Å². The van der Waals surface area contributed by atoms with Crippen LogP contribution in [-0.4, -0.2) is 65.4 Å². The molecule has 2 aliphatic heterocycles. The summed E-state index contributed by atoms with van der Waals surface area (Å²) in [6.07, 6.45) is 4.79. The summed E-state index contributed by atoms with van der Waals surface area (Å²) < 4.78 is 5.10. The Bertz CT molecular complexity index is 741. The van der Waals surface area contributed by atoms with Crippen LogP contribution in [0.4, 0.5) is 0 Å². The molecule has 1 aromatic rings. The molecule has 1 aromatic heterocycles. The van der Waals surface area contributed by atoms with Gasteiger partial charge in [0, 0.05) is 37.8 Å². The van der Waals surface area contributed by atoms with E-state index in [2.05, 4.69) is 4.98 Å². The lowest BCUT2D eigenvalue weighted by atomic mass is 9.94. The maximum absolute atomic E-state index is 13.0. The molecule has 0 saturated carbocycles. The highest BCUT2D eigenvalue weighted by molar-refractivity contribution is 6.00. The van der Waals surface area contributed by atoms with Crippen molar-refractivity contribution in [1.82, 2.24) is 14.8 Å². The summed E-state index contributed by atoms with van der Waals surface area (Å²) in [4.78, 5) is 44.7. The standard InChI is InChI=1S/C21H31N3O4/c1-4-28-21(27)17-14(2)18(22-15(17)3)20(26)24-12-8-16(9-13-24)19(25)23-10-6-5-7-11-23/h16,22H,4-13H2,1-3H3. The number of aromatic amines is 1. The van der Waals surface area contributed by atoms with Crippen molar-refractivity contribution in [3.63, 3.8) is 0 Å². The smallest absolute Gasteiger partial charge is 0.340 e. The van der Waals surface area contributed by atoms with E-state index in [0.29, 0.717) is 55.1 Å². The molecule has 7 heteroatoms. The lowest BCUT2D eigenvalue weighted by molar-refractivity contribution is -0.137. The number of aromatic nitrogens is 1. The summed E-state index contributed by atoms with van der Waals surface area (Å²) in [5.74, 6) is -0.245. The number of piperidine rings is 2. The van der Waals surface area contributed by atoms with Crippen molar-refractivity contribution in [2.45, 2.75) is 52.9 Å². The van der Waals surface area contributed by atoms with Gasteiger partial charge in [-0.15, -0.1) is 0 Å². The number of hydrogen-bond acceptors (Lipinski definition) is 4. The van der Waals surface area contributed by atoms with Crippen molar-refractivity contribution >= 4 is 17.8 Å². The van der Waals surface area contributed by atoms with E-state index in [1.165, 1.54) is 6.42 Å². The molecular formula is C21H31N3O4. The van der Waals surface area contributed by atoms with E-state index in [1.54, 1.807) is 25.7 Å². The van der Waals surface area contributed by atoms with Gasteiger partial charge in [-0.25, -0.2) is 4.79 Å². The predicted octanol–water partition coefficient (Wildman–Crippen LogP) is 2.67. The first-order valence-electron chi connectivity index (χ1n) is 10.4. The first-order chi connectivity index (χ1) is 13.4. The van der Waals surface area contributed by atoms with Gasteiger partial charge in [0.2, 0.25) is 5.91 Å². The highest BCUT2D eigenvalue weighted by Crippen LogP contribution is 2.25. The number of esters is 1. The number of nitrogens with one attached hydrogen (secondary N) is 1. The van der Waals surface area contributed by atoms with Crippen LogP contribution >= 0.6 is 0 Å². The number of aryl methyl sites for hydroxylation is 1. The van der Waals surface area contributed by atoms with Crippen molar-refractivity contribution in [2.75, 3.05) is 32.8 Å². The van der Waals surface area contributed by atoms with E-state index < -0.39 is 5.97 Å². The summed E-state index contributed by atoms with van der Waals surface area (Å²) in [7, 11) is 0. The van der Waals surface area contributed by atoms with Gasteiger partial charge in [0.05, 0.1) is 12.2 Å². The fraction of sp³-hybridized carbons (Fsp3) is 0.667. The lowest BCUT2D eigenvalue weighted by Crippen LogP contribution is -2.45. The Kier molecular flexibility index (Phi) is 6.42. The molecule has 3 heterocycles. The van der Waals surface area contributed by atoms with Gasteiger partial charge < -0.3 is 19.5 Å². The predicted molar refractivity (Wildman–Crippen MR) is 105 cm³/mol. The highest BCUT2D eigenvalue weighted by Gasteiger charge is 2.32. The van der Waals surface area contributed by atoms with Crippen molar-refractivity contribution in [1.29, 1.82) is 0 Å². The molecule has 1 N–H and O–H groups in total. The Hall–Kier alpha value is -2.31. The Morgan fingerprint density at radius 2 is 1.64 bits per heavy atom. The third kappa shape index (κ3) is 4.08. The van der Waals surface area contributed by atoms with Crippen LogP contribution in [0.5, 0.6) is 0 Å². The lowest BCUT2D eigenvalue weighted by Gasteiger charge is -2.35. The van der Waals surface area contributed by atoms with Gasteiger partial charge in [-0.1, -0.05) is 0 Å². The van der Waals surface area contributed by atoms with Gasteiger partial charge in [0.1, 0.15) is 5.69 Å². The quantitative estimate of drug-likeness (QED) is 0.803. The van der Waals surface area contributed by atoms with Gasteiger partial charge in [-0.05, 0) is 58.4 Å². The minimum absolute atomic E-state index is 0.0173. The van der Waals surface area contributed by atoms with E-state index in [4.69, 9.17) is 4.74 Å². The molecule has 3 rings (SSSR count). The van der Waals surface area contributed by atoms with Crippen LogP contribution in [0.1, 0.15) is 71.1 Å². The topological polar surface area (TPSA) is 82.7 Å². The molecule has 2 amide bonds. The average Bonchev–Trinajstić information content (AvgIpc) is 3.02. The van der Waals surface area contributed by atoms with Crippen LogP contribution in [0.25, 0.3) is 0 Å². The first kappa shape index (κ1) is 20.4. The van der Waals surface area contributed by atoms with Crippen LogP contribution in [0.2, 0.25) is 0 Å². The van der Waals surface area contributed by atoms with Gasteiger partial charge in [-0.2, -0.15) is 0 Å². The molecule has 0 atom stereocenters. The van der Waals surface area contributed by atoms with Crippen LogP contribution in [0.15, 0.2) is 0 Å². The normalized spacial score (nSPS) is 18.2. The van der Waals surface area contributed by atoms with Crippen molar-refractivity contribution in [3.05, 3.63) is 22.5 Å². The SMILES string of the molecule is CCOC(=O)c1c(C)[nH]c(C(=O)N2CCC(C(=O)N3CCCCC3)CC2)c1C. The summed E-state index contributed by atoms with van der Waals surface area (Å²) >= 11 is 0. The summed E-state index contributed by atoms with van der Waals surface area (Å²) in [6, 6.07) is 0. The van der Waals surface area contributed by atoms with Gasteiger partial charge in [0.15, 0.2) is 0 Å². The summed E-state index contributed by atoms with van der Waals surface area (Å²) in [6.45, 7) is 8.48. The molecule has 28 heavy (non-hydrogen) atoms. The number of carbonyl (C=O) groups excluding carboxylic acids is 3. The number of amides is 2. The van der Waals surface area contributed by atoms with E-state index >= 15 is 0 Å². The second-order valence-corrected chi connectivity index (χ2v) is 7.80. The molecule has 2 fully saturated rings. The van der Waals surface area contributed by atoms with E-state index in [0.717, 1.165) is 25.9 Å². The maximum atomic E-state index is 13.0. The average molecular weight is 389 g/mol. The highest BCUT2D eigenvalue weighted by atomic mass is 16.5. The van der Waals surface area contributed by atoms with E-state index in [-0.39, 0.29) is 17.7 Å². The van der Waals surface area contributed by atoms with Crippen LogP contribution in [-0.2, 0) is 9.53 Å². The Morgan fingerprint density at radius 1 is 1.00 bits per heavy atom. The van der Waals surface area contributed by atoms with Crippen molar-refractivity contribution < 1.29 is 19.1 Å². The Labute approximate surface area is 166 Å².